The van der Waals surface area contributed by atoms with Crippen molar-refractivity contribution in [2.45, 2.75) is 39.2 Å². The first-order chi connectivity index (χ1) is 10.2. The third-order valence-corrected chi connectivity index (χ3v) is 4.28. The molecule has 0 saturated carbocycles. The van der Waals surface area contributed by atoms with E-state index in [4.69, 9.17) is 10.2 Å². The van der Waals surface area contributed by atoms with Crippen molar-refractivity contribution in [3.63, 3.8) is 0 Å². The van der Waals surface area contributed by atoms with Gasteiger partial charge in [0, 0.05) is 25.6 Å². The van der Waals surface area contributed by atoms with Gasteiger partial charge in [0.25, 0.3) is 0 Å². The second kappa shape index (κ2) is 5.89. The average Bonchev–Trinajstić information content (AvgIpc) is 3.16. The molecule has 1 aliphatic heterocycles. The highest BCUT2D eigenvalue weighted by Crippen LogP contribution is 2.25. The first kappa shape index (κ1) is 14.1. The van der Waals surface area contributed by atoms with Crippen LogP contribution in [-0.2, 0) is 6.42 Å². The number of hydrogen-bond donors (Lipinski definition) is 2. The molecule has 1 unspecified atom stereocenters. The van der Waals surface area contributed by atoms with Gasteiger partial charge in [0.15, 0.2) is 11.6 Å². The maximum absolute atomic E-state index is 5.98. The Hall–Kier alpha value is -1.82. The maximum Gasteiger partial charge on any atom is 0.245 e. The molecule has 114 valence electrons. The largest absolute Gasteiger partial charge is 0.458 e. The summed E-state index contributed by atoms with van der Waals surface area (Å²) in [6, 6.07) is 4.18. The van der Waals surface area contributed by atoms with E-state index in [1.54, 1.807) is 0 Å². The van der Waals surface area contributed by atoms with Crippen LogP contribution in [0.3, 0.4) is 0 Å². The maximum atomic E-state index is 5.98. The normalized spacial score (nSPS) is 18.1. The Morgan fingerprint density at radius 1 is 1.43 bits per heavy atom. The minimum Gasteiger partial charge on any atom is -0.458 e. The lowest BCUT2D eigenvalue weighted by molar-refractivity contribution is 0.352. The van der Waals surface area contributed by atoms with Crippen molar-refractivity contribution in [3.05, 3.63) is 17.9 Å². The Morgan fingerprint density at radius 3 is 2.81 bits per heavy atom. The summed E-state index contributed by atoms with van der Waals surface area (Å²) in [4.78, 5) is 6.77. The van der Waals surface area contributed by atoms with Gasteiger partial charge in [-0.2, -0.15) is 4.98 Å². The van der Waals surface area contributed by atoms with Gasteiger partial charge in [-0.15, -0.1) is 5.10 Å². The summed E-state index contributed by atoms with van der Waals surface area (Å²) >= 11 is 0. The summed E-state index contributed by atoms with van der Waals surface area (Å²) in [5.41, 5.74) is 5.98. The van der Waals surface area contributed by atoms with Crippen molar-refractivity contribution in [3.8, 4) is 11.6 Å². The Labute approximate surface area is 124 Å². The molecule has 1 saturated heterocycles. The van der Waals surface area contributed by atoms with E-state index in [0.29, 0.717) is 11.7 Å². The van der Waals surface area contributed by atoms with Gasteiger partial charge < -0.3 is 15.1 Å². The molecule has 1 atom stereocenters. The van der Waals surface area contributed by atoms with E-state index in [9.17, 15) is 0 Å². The van der Waals surface area contributed by atoms with Gasteiger partial charge in [-0.05, 0) is 37.8 Å². The summed E-state index contributed by atoms with van der Waals surface area (Å²) in [7, 11) is 0. The third-order valence-electron chi connectivity index (χ3n) is 4.28. The van der Waals surface area contributed by atoms with Crippen molar-refractivity contribution in [2.24, 2.45) is 11.7 Å². The number of piperidine rings is 1. The zero-order valence-corrected chi connectivity index (χ0v) is 12.7. The first-order valence-corrected chi connectivity index (χ1v) is 7.69. The lowest BCUT2D eigenvalue weighted by atomic mass is 9.91. The number of furan rings is 1. The quantitative estimate of drug-likeness (QED) is 0.901. The molecule has 1 fully saturated rings. The number of H-pyrrole nitrogens is 1. The SMILES string of the molecule is CCc1ccc(-c2nc(N3CCC(C(C)N)CC3)n[nH]2)o1. The average molecular weight is 289 g/mol. The number of anilines is 1. The number of aromatic nitrogens is 3. The Kier molecular flexibility index (Phi) is 3.96. The van der Waals surface area contributed by atoms with Gasteiger partial charge in [0.05, 0.1) is 0 Å². The molecule has 0 bridgehead atoms. The van der Waals surface area contributed by atoms with Crippen molar-refractivity contribution >= 4 is 5.95 Å². The molecule has 1 aliphatic rings. The molecule has 0 aromatic carbocycles. The number of aryl methyl sites for hydroxylation is 1. The molecular weight excluding hydrogens is 266 g/mol. The molecule has 6 nitrogen and oxygen atoms in total. The predicted molar refractivity (Wildman–Crippen MR) is 82.0 cm³/mol. The standard InChI is InChI=1S/C15H23N5O/c1-3-12-4-5-13(21-12)14-17-15(19-18-14)20-8-6-11(7-9-20)10(2)16/h4-5,10-11H,3,6-9,16H2,1-2H3,(H,17,18,19). The third kappa shape index (κ3) is 2.95. The van der Waals surface area contributed by atoms with Gasteiger partial charge in [-0.1, -0.05) is 6.92 Å². The molecule has 0 radical (unpaired) electrons. The molecular formula is C15H23N5O. The molecule has 0 amide bonds. The highest BCUT2D eigenvalue weighted by Gasteiger charge is 2.24. The van der Waals surface area contributed by atoms with Gasteiger partial charge in [0.2, 0.25) is 5.95 Å². The van der Waals surface area contributed by atoms with Crippen LogP contribution in [0, 0.1) is 5.92 Å². The number of nitrogens with zero attached hydrogens (tertiary/aromatic N) is 3. The molecule has 0 spiro atoms. The number of aromatic amines is 1. The molecule has 2 aromatic heterocycles. The number of nitrogens with one attached hydrogen (secondary N) is 1. The molecule has 3 N–H and O–H groups in total. The Balaban J connectivity index is 1.68. The van der Waals surface area contributed by atoms with Crippen LogP contribution in [0.5, 0.6) is 0 Å². The molecule has 2 aromatic rings. The summed E-state index contributed by atoms with van der Waals surface area (Å²) in [5.74, 6) is 3.76. The van der Waals surface area contributed by atoms with Crippen molar-refractivity contribution in [1.82, 2.24) is 15.2 Å². The Bertz CT molecular complexity index is 580. The van der Waals surface area contributed by atoms with E-state index >= 15 is 0 Å². The summed E-state index contributed by atoms with van der Waals surface area (Å²) in [6.07, 6.45) is 3.08. The smallest absolute Gasteiger partial charge is 0.245 e. The summed E-state index contributed by atoms with van der Waals surface area (Å²) in [6.45, 7) is 6.08. The van der Waals surface area contributed by atoms with Gasteiger partial charge in [0.1, 0.15) is 5.76 Å². The van der Waals surface area contributed by atoms with Crippen LogP contribution >= 0.6 is 0 Å². The predicted octanol–water partition coefficient (Wildman–Crippen LogP) is 2.19. The van der Waals surface area contributed by atoms with E-state index in [-0.39, 0.29) is 6.04 Å². The number of rotatable bonds is 4. The molecule has 3 heterocycles. The lowest BCUT2D eigenvalue weighted by Gasteiger charge is -2.32. The highest BCUT2D eigenvalue weighted by molar-refractivity contribution is 5.49. The highest BCUT2D eigenvalue weighted by atomic mass is 16.3. The fourth-order valence-electron chi connectivity index (χ4n) is 2.83. The van der Waals surface area contributed by atoms with Crippen LogP contribution in [-0.4, -0.2) is 34.3 Å². The fraction of sp³-hybridized carbons (Fsp3) is 0.600. The summed E-state index contributed by atoms with van der Waals surface area (Å²) in [5, 5.41) is 7.29. The topological polar surface area (TPSA) is 84.0 Å². The van der Waals surface area contributed by atoms with Crippen molar-refractivity contribution in [2.75, 3.05) is 18.0 Å². The minimum atomic E-state index is 0.269. The molecule has 0 aliphatic carbocycles. The van der Waals surface area contributed by atoms with Crippen LogP contribution in [0.15, 0.2) is 16.5 Å². The molecule has 3 rings (SSSR count). The van der Waals surface area contributed by atoms with Crippen LogP contribution in [0.25, 0.3) is 11.6 Å². The zero-order valence-electron chi connectivity index (χ0n) is 12.7. The fourth-order valence-corrected chi connectivity index (χ4v) is 2.83. The first-order valence-electron chi connectivity index (χ1n) is 7.69. The van der Waals surface area contributed by atoms with E-state index in [1.165, 1.54) is 0 Å². The van der Waals surface area contributed by atoms with E-state index in [2.05, 4.69) is 33.9 Å². The van der Waals surface area contributed by atoms with Gasteiger partial charge in [-0.25, -0.2) is 0 Å². The van der Waals surface area contributed by atoms with Crippen LogP contribution in [0.2, 0.25) is 0 Å². The van der Waals surface area contributed by atoms with Crippen molar-refractivity contribution in [1.29, 1.82) is 0 Å². The number of hydrogen-bond acceptors (Lipinski definition) is 5. The van der Waals surface area contributed by atoms with E-state index in [1.807, 2.05) is 12.1 Å². The minimum absolute atomic E-state index is 0.269. The lowest BCUT2D eigenvalue weighted by Crippen LogP contribution is -2.40. The molecule has 21 heavy (non-hydrogen) atoms. The Morgan fingerprint density at radius 2 is 2.19 bits per heavy atom. The second-order valence-electron chi connectivity index (χ2n) is 5.79. The monoisotopic (exact) mass is 289 g/mol. The van der Waals surface area contributed by atoms with E-state index < -0.39 is 0 Å². The van der Waals surface area contributed by atoms with E-state index in [0.717, 1.165) is 49.8 Å². The molecule has 6 heteroatoms. The van der Waals surface area contributed by atoms with Crippen molar-refractivity contribution < 1.29 is 4.42 Å². The summed E-state index contributed by atoms with van der Waals surface area (Å²) < 4.78 is 5.70. The van der Waals surface area contributed by atoms with Gasteiger partial charge >= 0.3 is 0 Å². The zero-order chi connectivity index (χ0) is 14.8. The van der Waals surface area contributed by atoms with Crippen LogP contribution in [0.1, 0.15) is 32.4 Å². The number of nitrogens with two attached hydrogens (primary N) is 1. The second-order valence-corrected chi connectivity index (χ2v) is 5.79. The van der Waals surface area contributed by atoms with Crippen LogP contribution in [0.4, 0.5) is 5.95 Å². The van der Waals surface area contributed by atoms with Crippen LogP contribution < -0.4 is 10.6 Å². The van der Waals surface area contributed by atoms with Gasteiger partial charge in [-0.3, -0.25) is 5.10 Å².